The lowest BCUT2D eigenvalue weighted by Crippen LogP contribution is -2.27. The minimum Gasteiger partial charge on any atom is -0.519 e. The molecule has 0 heterocycles. The van der Waals surface area contributed by atoms with Gasteiger partial charge in [-0.25, -0.2) is 4.79 Å². The largest absolute Gasteiger partial charge is 0.519 e. The van der Waals surface area contributed by atoms with Crippen LogP contribution in [0.3, 0.4) is 0 Å². The van der Waals surface area contributed by atoms with Gasteiger partial charge in [0.05, 0.1) is 13.2 Å². The Morgan fingerprint density at radius 3 is 1.94 bits per heavy atom. The molecule has 0 amide bonds. The Morgan fingerprint density at radius 2 is 1.56 bits per heavy atom. The van der Waals surface area contributed by atoms with Gasteiger partial charge in [0, 0.05) is 0 Å². The van der Waals surface area contributed by atoms with E-state index in [4.69, 9.17) is 13.9 Å². The van der Waals surface area contributed by atoms with Crippen LogP contribution in [0.4, 0.5) is 0 Å². The Hall–Kier alpha value is -0.973. The van der Waals surface area contributed by atoms with Crippen molar-refractivity contribution in [2.75, 3.05) is 13.2 Å². The van der Waals surface area contributed by atoms with E-state index in [1.54, 1.807) is 13.8 Å². The molecule has 4 nitrogen and oxygen atoms in total. The molecule has 0 unspecified atom stereocenters. The fourth-order valence-electron chi connectivity index (χ4n) is 0.946. The minimum atomic E-state index is -1.78. The highest BCUT2D eigenvalue weighted by atomic mass is 28.4. The lowest BCUT2D eigenvalue weighted by atomic mass is 10.3. The quantitative estimate of drug-likeness (QED) is 0.313. The third-order valence-corrected chi connectivity index (χ3v) is 2.36. The van der Waals surface area contributed by atoms with Crippen molar-refractivity contribution in [3.05, 3.63) is 11.5 Å². The van der Waals surface area contributed by atoms with Gasteiger partial charge in [-0.15, -0.1) is 0 Å². The van der Waals surface area contributed by atoms with Crippen LogP contribution in [0.2, 0.25) is 19.6 Å². The summed E-state index contributed by atoms with van der Waals surface area (Å²) < 4.78 is 15.9. The number of carbonyl (C=O) groups excluding carboxylic acids is 1. The lowest BCUT2D eigenvalue weighted by molar-refractivity contribution is -0.139. The summed E-state index contributed by atoms with van der Waals surface area (Å²) in [5.41, 5.74) is 0.395. The van der Waals surface area contributed by atoms with Gasteiger partial charge in [-0.05, 0) is 40.4 Å². The zero-order chi connectivity index (χ0) is 12.8. The number of esters is 1. The van der Waals surface area contributed by atoms with Gasteiger partial charge in [-0.1, -0.05) is 0 Å². The van der Waals surface area contributed by atoms with Gasteiger partial charge in [-0.3, -0.25) is 0 Å². The van der Waals surface area contributed by atoms with Crippen LogP contribution in [0.5, 0.6) is 0 Å². The molecule has 0 aliphatic heterocycles. The lowest BCUT2D eigenvalue weighted by Gasteiger charge is -2.22. The second kappa shape index (κ2) is 6.58. The number of carbonyl (C=O) groups is 1. The average molecular weight is 246 g/mol. The maximum atomic E-state index is 11.5. The van der Waals surface area contributed by atoms with E-state index in [0.717, 1.165) is 0 Å². The molecule has 0 saturated carbocycles. The van der Waals surface area contributed by atoms with Crippen molar-refractivity contribution < 1.29 is 18.7 Å². The topological polar surface area (TPSA) is 44.8 Å². The van der Waals surface area contributed by atoms with Crippen LogP contribution in [0.25, 0.3) is 0 Å². The monoisotopic (exact) mass is 246 g/mol. The summed E-state index contributed by atoms with van der Waals surface area (Å²) in [6, 6.07) is 0. The third kappa shape index (κ3) is 5.80. The number of hydrogen-bond acceptors (Lipinski definition) is 4. The Bertz CT molecular complexity index is 266. The number of ether oxygens (including phenoxy) is 2. The van der Waals surface area contributed by atoms with Gasteiger partial charge in [0.1, 0.15) is 5.57 Å². The van der Waals surface area contributed by atoms with E-state index in [1.165, 1.54) is 0 Å². The summed E-state index contributed by atoms with van der Waals surface area (Å²) in [4.78, 5) is 11.5. The molecule has 0 aliphatic rings. The van der Waals surface area contributed by atoms with Crippen molar-refractivity contribution in [3.8, 4) is 0 Å². The van der Waals surface area contributed by atoms with Crippen molar-refractivity contribution >= 4 is 14.3 Å². The van der Waals surface area contributed by atoms with Gasteiger partial charge in [0.15, 0.2) is 0 Å². The van der Waals surface area contributed by atoms with Gasteiger partial charge in [-0.2, -0.15) is 0 Å². The van der Waals surface area contributed by atoms with Gasteiger partial charge in [0.25, 0.3) is 5.95 Å². The summed E-state index contributed by atoms with van der Waals surface area (Å²) >= 11 is 0. The summed E-state index contributed by atoms with van der Waals surface area (Å²) in [6.45, 7) is 12.2. The number of rotatable bonds is 6. The molecule has 0 aromatic carbocycles. The van der Waals surface area contributed by atoms with Crippen LogP contribution in [-0.4, -0.2) is 27.5 Å². The molecular weight excluding hydrogens is 224 g/mol. The first-order chi connectivity index (χ1) is 7.31. The van der Waals surface area contributed by atoms with E-state index in [2.05, 4.69) is 0 Å². The Morgan fingerprint density at radius 1 is 1.06 bits per heavy atom. The van der Waals surface area contributed by atoms with E-state index >= 15 is 0 Å². The highest BCUT2D eigenvalue weighted by Crippen LogP contribution is 2.16. The van der Waals surface area contributed by atoms with Crippen LogP contribution in [0.15, 0.2) is 11.5 Å². The molecule has 0 spiro atoms. The zero-order valence-electron chi connectivity index (χ0n) is 11.0. The molecule has 0 bridgehead atoms. The molecule has 0 radical (unpaired) electrons. The van der Waals surface area contributed by atoms with Crippen molar-refractivity contribution in [3.63, 3.8) is 0 Å². The standard InChI is InChI=1S/C11H22O4Si/c1-7-13-10(12)9(3)11(14-8-2)15-16(4,5)6/h7-8H2,1-6H3/b11-9+. The van der Waals surface area contributed by atoms with Crippen molar-refractivity contribution in [1.82, 2.24) is 0 Å². The maximum absolute atomic E-state index is 11.5. The first-order valence-corrected chi connectivity index (χ1v) is 8.92. The average Bonchev–Trinajstić information content (AvgIpc) is 2.14. The van der Waals surface area contributed by atoms with Crippen LogP contribution in [0.1, 0.15) is 20.8 Å². The fraction of sp³-hybridized carbons (Fsp3) is 0.727. The predicted octanol–water partition coefficient (Wildman–Crippen LogP) is 2.67. The van der Waals surface area contributed by atoms with Crippen LogP contribution < -0.4 is 0 Å². The second-order valence-electron chi connectivity index (χ2n) is 4.28. The highest BCUT2D eigenvalue weighted by molar-refractivity contribution is 6.70. The van der Waals surface area contributed by atoms with E-state index in [1.807, 2.05) is 26.6 Å². The van der Waals surface area contributed by atoms with Crippen LogP contribution in [-0.2, 0) is 18.7 Å². The molecule has 0 aliphatic carbocycles. The summed E-state index contributed by atoms with van der Waals surface area (Å²) in [5.74, 6) is -0.0793. The SMILES string of the molecule is CCOC(=O)/C(C)=C(\OCC)O[Si](C)(C)C. The van der Waals surface area contributed by atoms with Gasteiger partial charge >= 0.3 is 5.97 Å². The van der Waals surface area contributed by atoms with Crippen molar-refractivity contribution in [2.24, 2.45) is 0 Å². The first kappa shape index (κ1) is 15.0. The smallest absolute Gasteiger partial charge is 0.340 e. The minimum absolute atomic E-state index is 0.306. The van der Waals surface area contributed by atoms with E-state index in [0.29, 0.717) is 24.7 Å². The molecule has 0 fully saturated rings. The van der Waals surface area contributed by atoms with E-state index in [9.17, 15) is 4.79 Å². The zero-order valence-corrected chi connectivity index (χ0v) is 12.0. The van der Waals surface area contributed by atoms with Crippen molar-refractivity contribution in [1.29, 1.82) is 0 Å². The molecule has 0 aromatic rings. The Labute approximate surface area is 98.7 Å². The molecule has 16 heavy (non-hydrogen) atoms. The molecule has 0 N–H and O–H groups in total. The fourth-order valence-corrected chi connectivity index (χ4v) is 1.71. The van der Waals surface area contributed by atoms with Gasteiger partial charge in [0.2, 0.25) is 8.32 Å². The van der Waals surface area contributed by atoms with E-state index in [-0.39, 0.29) is 5.97 Å². The number of hydrogen-bond donors (Lipinski definition) is 0. The molecule has 0 aromatic heterocycles. The molecule has 0 rings (SSSR count). The summed E-state index contributed by atoms with van der Waals surface area (Å²) in [5, 5.41) is 0. The molecular formula is C11H22O4Si. The molecule has 5 heteroatoms. The Kier molecular flexibility index (Phi) is 6.18. The first-order valence-electron chi connectivity index (χ1n) is 5.51. The van der Waals surface area contributed by atoms with E-state index < -0.39 is 8.32 Å². The molecule has 94 valence electrons. The second-order valence-corrected chi connectivity index (χ2v) is 8.71. The predicted molar refractivity (Wildman–Crippen MR) is 65.4 cm³/mol. The molecule has 0 saturated heterocycles. The van der Waals surface area contributed by atoms with Crippen molar-refractivity contribution in [2.45, 2.75) is 40.4 Å². The molecule has 0 atom stereocenters. The third-order valence-electron chi connectivity index (χ3n) is 1.56. The Balaban J connectivity index is 4.84. The maximum Gasteiger partial charge on any atom is 0.340 e. The van der Waals surface area contributed by atoms with Crippen LogP contribution in [0, 0.1) is 0 Å². The van der Waals surface area contributed by atoms with Gasteiger partial charge < -0.3 is 13.9 Å². The van der Waals surface area contributed by atoms with Crippen LogP contribution >= 0.6 is 0 Å². The highest BCUT2D eigenvalue weighted by Gasteiger charge is 2.23. The summed E-state index contributed by atoms with van der Waals surface area (Å²) in [6.07, 6.45) is 0. The summed E-state index contributed by atoms with van der Waals surface area (Å²) in [7, 11) is -1.78. The normalized spacial score (nSPS) is 12.9.